The molecule has 408 valence electrons. The van der Waals surface area contributed by atoms with Gasteiger partial charge in [-0.1, -0.05) is 12.1 Å². The summed E-state index contributed by atoms with van der Waals surface area (Å²) in [5.74, 6) is 2.21. The van der Waals surface area contributed by atoms with E-state index in [0.717, 1.165) is 135 Å². The molecule has 18 nitrogen and oxygen atoms in total. The van der Waals surface area contributed by atoms with Crippen LogP contribution in [0, 0.1) is 50.2 Å². The van der Waals surface area contributed by atoms with E-state index >= 15 is 0 Å². The van der Waals surface area contributed by atoms with Crippen molar-refractivity contribution < 1.29 is 8.78 Å². The average Bonchev–Trinajstić information content (AvgIpc) is 4.32. The summed E-state index contributed by atoms with van der Waals surface area (Å²) >= 11 is 0. The Balaban J connectivity index is 0.000000165. The van der Waals surface area contributed by atoms with Crippen molar-refractivity contribution in [1.82, 2.24) is 79.7 Å². The van der Waals surface area contributed by atoms with Gasteiger partial charge in [-0.05, 0) is 164 Å². The van der Waals surface area contributed by atoms with Crippen LogP contribution in [0.3, 0.4) is 0 Å². The molecule has 0 saturated carbocycles. The molecule has 0 aliphatic carbocycles. The molecule has 12 rings (SSSR count). The Labute approximate surface area is 455 Å². The van der Waals surface area contributed by atoms with Gasteiger partial charge in [0.2, 0.25) is 11.9 Å². The number of rotatable bonds is 12. The van der Waals surface area contributed by atoms with Crippen LogP contribution in [0.1, 0.15) is 134 Å². The molecule has 0 amide bonds. The number of hydrogen-bond acceptors (Lipinski definition) is 14. The quantitative estimate of drug-likeness (QED) is 0.118. The zero-order chi connectivity index (χ0) is 54.0. The van der Waals surface area contributed by atoms with Crippen LogP contribution in [0.15, 0.2) is 85.7 Å². The summed E-state index contributed by atoms with van der Waals surface area (Å²) in [4.78, 5) is 38.5. The van der Waals surface area contributed by atoms with Gasteiger partial charge >= 0.3 is 0 Å². The lowest BCUT2D eigenvalue weighted by Gasteiger charge is -2.49. The Kier molecular flexibility index (Phi) is 15.3. The van der Waals surface area contributed by atoms with Crippen LogP contribution in [0.25, 0.3) is 11.6 Å². The average molecular weight is 1060 g/mol. The van der Waals surface area contributed by atoms with E-state index in [2.05, 4.69) is 110 Å². The van der Waals surface area contributed by atoms with Crippen molar-refractivity contribution in [3.05, 3.63) is 154 Å². The first-order chi connectivity index (χ1) is 37.7. The minimum absolute atomic E-state index is 0.268. The maximum atomic E-state index is 13.3. The number of nitrogens with one attached hydrogen (secondary N) is 2. The number of aromatic amines is 2. The van der Waals surface area contributed by atoms with Gasteiger partial charge in [0.05, 0.1) is 47.6 Å². The maximum absolute atomic E-state index is 13.3. The molecule has 4 saturated heterocycles. The second-order valence-corrected chi connectivity index (χ2v) is 22.6. The lowest BCUT2D eigenvalue weighted by Crippen LogP contribution is -2.50. The molecule has 4 aliphatic rings. The van der Waals surface area contributed by atoms with Gasteiger partial charge in [0.15, 0.2) is 23.3 Å². The molecule has 8 aromatic rings. The van der Waals surface area contributed by atoms with Crippen molar-refractivity contribution >= 4 is 11.9 Å². The highest BCUT2D eigenvalue weighted by Crippen LogP contribution is 2.44. The number of aryl methyl sites for hydroxylation is 4. The van der Waals surface area contributed by atoms with E-state index in [1.165, 1.54) is 71.0 Å². The minimum atomic E-state index is -0.364. The first-order valence-electron chi connectivity index (χ1n) is 27.7. The lowest BCUT2D eigenvalue weighted by atomic mass is 9.72. The van der Waals surface area contributed by atoms with Crippen LogP contribution in [0.5, 0.6) is 0 Å². The Morgan fingerprint density at radius 3 is 1.28 bits per heavy atom. The van der Waals surface area contributed by atoms with Gasteiger partial charge < -0.3 is 9.80 Å². The number of hydrogen-bond donors (Lipinski definition) is 2. The highest BCUT2D eigenvalue weighted by atomic mass is 19.1. The van der Waals surface area contributed by atoms with E-state index in [-0.39, 0.29) is 23.7 Å². The predicted molar refractivity (Wildman–Crippen MR) is 295 cm³/mol. The predicted octanol–water partition coefficient (Wildman–Crippen LogP) is 9.14. The SMILES string of the molecule is Cc1cc(Cc2cc(C)[nH]n2)nc(N2CCC3(CCCN([C@@H](C)c4ccc(-n5cc(F)cn5)nc4)C3)CC2)n1.Cc1cc(Cc2cc(C)[nH]n2)nc(N2CCC3(CCCN([C@H](C)c4ccc(-n5cc(F)cn5)nc4)C3)CC2)n1. The molecular formula is C58H72F2N18. The van der Waals surface area contributed by atoms with E-state index < -0.39 is 0 Å². The molecule has 0 radical (unpaired) electrons. The van der Waals surface area contributed by atoms with Crippen LogP contribution in [-0.2, 0) is 12.8 Å². The van der Waals surface area contributed by atoms with Crippen molar-refractivity contribution in [3.63, 3.8) is 0 Å². The molecule has 8 aromatic heterocycles. The first kappa shape index (κ1) is 52.7. The molecule has 2 N–H and O–H groups in total. The Hall–Kier alpha value is -7.32. The van der Waals surface area contributed by atoms with Crippen LogP contribution < -0.4 is 9.80 Å². The number of halogens is 2. The smallest absolute Gasteiger partial charge is 0.225 e. The van der Waals surface area contributed by atoms with Gasteiger partial charge in [0, 0.05) is 99.4 Å². The van der Waals surface area contributed by atoms with Gasteiger partial charge in [0.25, 0.3) is 0 Å². The summed E-state index contributed by atoms with van der Waals surface area (Å²) in [7, 11) is 0. The molecule has 78 heavy (non-hydrogen) atoms. The lowest BCUT2D eigenvalue weighted by molar-refractivity contribution is 0.0413. The Morgan fingerprint density at radius 1 is 0.513 bits per heavy atom. The zero-order valence-electron chi connectivity index (χ0n) is 45.9. The molecular weight excluding hydrogens is 987 g/mol. The molecule has 20 heteroatoms. The number of likely N-dealkylation sites (tertiary alicyclic amines) is 2. The number of aromatic nitrogens is 14. The van der Waals surface area contributed by atoms with Crippen molar-refractivity contribution in [2.45, 2.75) is 118 Å². The molecule has 4 fully saturated rings. The summed E-state index contributed by atoms with van der Waals surface area (Å²) in [5.41, 5.74) is 11.1. The highest BCUT2D eigenvalue weighted by molar-refractivity contribution is 5.37. The van der Waals surface area contributed by atoms with Crippen LogP contribution >= 0.6 is 0 Å². The van der Waals surface area contributed by atoms with E-state index in [4.69, 9.17) is 19.9 Å². The Morgan fingerprint density at radius 2 is 0.936 bits per heavy atom. The monoisotopic (exact) mass is 1060 g/mol. The zero-order valence-corrected chi connectivity index (χ0v) is 45.9. The van der Waals surface area contributed by atoms with Crippen molar-refractivity contribution in [2.75, 3.05) is 62.2 Å². The number of nitrogens with zero attached hydrogens (tertiary/aromatic N) is 16. The van der Waals surface area contributed by atoms with Gasteiger partial charge in [-0.15, -0.1) is 0 Å². The number of pyridine rings is 2. The summed E-state index contributed by atoms with van der Waals surface area (Å²) in [5, 5.41) is 22.8. The van der Waals surface area contributed by atoms with Crippen LogP contribution in [-0.4, -0.2) is 132 Å². The fraction of sp³-hybridized carbons (Fsp3) is 0.483. The topological polar surface area (TPSA) is 183 Å². The summed E-state index contributed by atoms with van der Waals surface area (Å²) in [6.07, 6.45) is 19.8. The van der Waals surface area contributed by atoms with Crippen LogP contribution in [0.2, 0.25) is 0 Å². The Bertz CT molecular complexity index is 3060. The highest BCUT2D eigenvalue weighted by Gasteiger charge is 2.42. The fourth-order valence-corrected chi connectivity index (χ4v) is 12.4. The van der Waals surface area contributed by atoms with E-state index in [1.54, 1.807) is 0 Å². The van der Waals surface area contributed by atoms with Gasteiger partial charge in [-0.2, -0.15) is 20.4 Å². The standard InChI is InChI=1S/2C29H36FN9/c2*1-20-13-25(15-26-14-21(2)35-36-26)34-28(33-20)37-11-8-29(9-12-37)7-4-10-38(19-29)22(3)23-5-6-27(31-16-23)39-18-24(30)17-32-39/h2*5-6,13-14,16-18,22H,4,7-12,15,19H2,1-3H3,(H,35,36)/t2*22-/m10/s1. The van der Waals surface area contributed by atoms with Crippen LogP contribution in [0.4, 0.5) is 20.7 Å². The molecule has 2 spiro atoms. The van der Waals surface area contributed by atoms with E-state index in [1.807, 2.05) is 52.2 Å². The molecule has 12 heterocycles. The van der Waals surface area contributed by atoms with Gasteiger partial charge in [-0.25, -0.2) is 48.0 Å². The number of piperidine rings is 4. The molecule has 2 atom stereocenters. The number of anilines is 2. The van der Waals surface area contributed by atoms with Crippen molar-refractivity contribution in [2.24, 2.45) is 10.8 Å². The largest absolute Gasteiger partial charge is 0.341 e. The van der Waals surface area contributed by atoms with E-state index in [0.29, 0.717) is 35.3 Å². The fourth-order valence-electron chi connectivity index (χ4n) is 12.4. The maximum Gasteiger partial charge on any atom is 0.225 e. The summed E-state index contributed by atoms with van der Waals surface area (Å²) in [6, 6.07) is 16.8. The third-order valence-electron chi connectivity index (χ3n) is 16.8. The summed E-state index contributed by atoms with van der Waals surface area (Å²) in [6.45, 7) is 20.9. The van der Waals surface area contributed by atoms with Gasteiger partial charge in [0.1, 0.15) is 0 Å². The normalized spacial score (nSPS) is 18.5. The first-order valence-corrected chi connectivity index (χ1v) is 27.7. The third kappa shape index (κ3) is 12.2. The molecule has 0 bridgehead atoms. The number of H-pyrrole nitrogens is 2. The minimum Gasteiger partial charge on any atom is -0.341 e. The molecule has 0 aromatic carbocycles. The van der Waals surface area contributed by atoms with Crippen molar-refractivity contribution in [3.8, 4) is 11.6 Å². The second-order valence-electron chi connectivity index (χ2n) is 22.6. The second kappa shape index (κ2) is 22.6. The molecule has 0 unspecified atom stereocenters. The third-order valence-corrected chi connectivity index (χ3v) is 16.8. The van der Waals surface area contributed by atoms with E-state index in [9.17, 15) is 8.78 Å². The van der Waals surface area contributed by atoms with Gasteiger partial charge in [-0.3, -0.25) is 20.0 Å². The molecule has 4 aliphatic heterocycles. The summed E-state index contributed by atoms with van der Waals surface area (Å²) < 4.78 is 29.6. The van der Waals surface area contributed by atoms with Crippen molar-refractivity contribution in [1.29, 1.82) is 0 Å².